The summed E-state index contributed by atoms with van der Waals surface area (Å²) in [6.07, 6.45) is 3.18. The van der Waals surface area contributed by atoms with Gasteiger partial charge in [-0.15, -0.1) is 0 Å². The van der Waals surface area contributed by atoms with Gasteiger partial charge in [-0.25, -0.2) is 4.79 Å². The molecule has 5 nitrogen and oxygen atoms in total. The van der Waals surface area contributed by atoms with E-state index in [0.29, 0.717) is 11.3 Å². The lowest BCUT2D eigenvalue weighted by Crippen LogP contribution is -2.06. The maximum Gasteiger partial charge on any atom is 0.335 e. The van der Waals surface area contributed by atoms with Gasteiger partial charge in [0.25, 0.3) is 0 Å². The van der Waals surface area contributed by atoms with E-state index in [1.807, 2.05) is 32.4 Å². The summed E-state index contributed by atoms with van der Waals surface area (Å²) in [5.41, 5.74) is 3.19. The van der Waals surface area contributed by atoms with Gasteiger partial charge in [-0.1, -0.05) is 18.2 Å². The first kappa shape index (κ1) is 16.7. The molecule has 1 heterocycles. The van der Waals surface area contributed by atoms with Crippen LogP contribution in [-0.4, -0.2) is 26.6 Å². The number of ketones is 1. The third kappa shape index (κ3) is 3.56. The number of allylic oxidation sites excluding steroid dienone is 1. The number of aromatic carboxylic acids is 1. The second-order valence-corrected chi connectivity index (χ2v) is 5.71. The van der Waals surface area contributed by atoms with Crippen molar-refractivity contribution in [3.05, 3.63) is 58.4 Å². The number of hydrogen-bond acceptors (Lipinski definition) is 3. The summed E-state index contributed by atoms with van der Waals surface area (Å²) < 4.78 is 1.85. The SMILES string of the molecule is Cc1nn(C(C)C)c(C)c1C(=O)/C=C/c1ccc(C(=O)O)cc1. The highest BCUT2D eigenvalue weighted by atomic mass is 16.4. The molecular formula is C18H20N2O3. The summed E-state index contributed by atoms with van der Waals surface area (Å²) in [5, 5.41) is 13.3. The molecule has 1 aromatic carbocycles. The van der Waals surface area contributed by atoms with E-state index in [-0.39, 0.29) is 17.4 Å². The first-order valence-corrected chi connectivity index (χ1v) is 7.42. The summed E-state index contributed by atoms with van der Waals surface area (Å²) in [6.45, 7) is 7.76. The lowest BCUT2D eigenvalue weighted by Gasteiger charge is -2.07. The van der Waals surface area contributed by atoms with Crippen molar-refractivity contribution in [2.24, 2.45) is 0 Å². The molecule has 0 aliphatic heterocycles. The van der Waals surface area contributed by atoms with Crippen LogP contribution in [0.1, 0.15) is 57.6 Å². The van der Waals surface area contributed by atoms with Crippen LogP contribution < -0.4 is 0 Å². The highest BCUT2D eigenvalue weighted by Gasteiger charge is 2.17. The molecule has 0 unspecified atom stereocenters. The number of carboxylic acid groups (broad SMARTS) is 1. The molecule has 2 rings (SSSR count). The molecule has 0 saturated heterocycles. The summed E-state index contributed by atoms with van der Waals surface area (Å²) in [5.74, 6) is -1.07. The molecule has 1 aromatic heterocycles. The average Bonchev–Trinajstić information content (AvgIpc) is 2.80. The Morgan fingerprint density at radius 2 is 1.78 bits per heavy atom. The Kier molecular flexibility index (Phi) is 4.79. The van der Waals surface area contributed by atoms with Crippen molar-refractivity contribution in [2.75, 3.05) is 0 Å². The number of carbonyl (C=O) groups is 2. The van der Waals surface area contributed by atoms with Crippen LogP contribution in [0, 0.1) is 13.8 Å². The fourth-order valence-corrected chi connectivity index (χ4v) is 2.51. The van der Waals surface area contributed by atoms with Crippen molar-refractivity contribution < 1.29 is 14.7 Å². The lowest BCUT2D eigenvalue weighted by molar-refractivity contribution is 0.0696. The molecule has 0 amide bonds. The minimum atomic E-state index is -0.969. The topological polar surface area (TPSA) is 72.2 Å². The highest BCUT2D eigenvalue weighted by Crippen LogP contribution is 2.18. The summed E-state index contributed by atoms with van der Waals surface area (Å²) in [6, 6.07) is 6.57. The first-order chi connectivity index (χ1) is 10.8. The molecule has 0 aliphatic rings. The number of carbonyl (C=O) groups excluding carboxylic acids is 1. The van der Waals surface area contributed by atoms with Crippen LogP contribution in [0.5, 0.6) is 0 Å². The van der Waals surface area contributed by atoms with Crippen molar-refractivity contribution >= 4 is 17.8 Å². The van der Waals surface area contributed by atoms with Gasteiger partial charge in [0.1, 0.15) is 0 Å². The molecule has 0 fully saturated rings. The predicted molar refractivity (Wildman–Crippen MR) is 88.9 cm³/mol. The number of nitrogens with zero attached hydrogens (tertiary/aromatic N) is 2. The van der Waals surface area contributed by atoms with Gasteiger partial charge in [-0.2, -0.15) is 5.10 Å². The minimum Gasteiger partial charge on any atom is -0.478 e. The highest BCUT2D eigenvalue weighted by molar-refractivity contribution is 6.08. The molecule has 0 atom stereocenters. The monoisotopic (exact) mass is 312 g/mol. The van der Waals surface area contributed by atoms with E-state index in [4.69, 9.17) is 5.11 Å². The molecule has 23 heavy (non-hydrogen) atoms. The van der Waals surface area contributed by atoms with Crippen LogP contribution >= 0.6 is 0 Å². The Hall–Kier alpha value is -2.69. The second kappa shape index (κ2) is 6.60. The molecule has 5 heteroatoms. The second-order valence-electron chi connectivity index (χ2n) is 5.71. The normalized spacial score (nSPS) is 11.3. The largest absolute Gasteiger partial charge is 0.478 e. The molecule has 0 aliphatic carbocycles. The third-order valence-corrected chi connectivity index (χ3v) is 3.65. The van der Waals surface area contributed by atoms with E-state index in [2.05, 4.69) is 5.10 Å². The van der Waals surface area contributed by atoms with Gasteiger partial charge in [0.15, 0.2) is 5.78 Å². The van der Waals surface area contributed by atoms with Crippen LogP contribution in [0.25, 0.3) is 6.08 Å². The average molecular weight is 312 g/mol. The number of aromatic nitrogens is 2. The van der Waals surface area contributed by atoms with Crippen molar-refractivity contribution in [1.29, 1.82) is 0 Å². The summed E-state index contributed by atoms with van der Waals surface area (Å²) in [4.78, 5) is 23.3. The van der Waals surface area contributed by atoms with E-state index in [1.54, 1.807) is 18.2 Å². The Labute approximate surface area is 135 Å². The lowest BCUT2D eigenvalue weighted by atomic mass is 10.1. The summed E-state index contributed by atoms with van der Waals surface area (Å²) >= 11 is 0. The van der Waals surface area contributed by atoms with Gasteiger partial charge in [-0.3, -0.25) is 9.48 Å². The van der Waals surface area contributed by atoms with Gasteiger partial charge in [0.2, 0.25) is 0 Å². The van der Waals surface area contributed by atoms with Crippen LogP contribution in [-0.2, 0) is 0 Å². The predicted octanol–water partition coefficient (Wildman–Crippen LogP) is 3.68. The fourth-order valence-electron chi connectivity index (χ4n) is 2.51. The van der Waals surface area contributed by atoms with E-state index in [0.717, 1.165) is 11.3 Å². The summed E-state index contributed by atoms with van der Waals surface area (Å²) in [7, 11) is 0. The van der Waals surface area contributed by atoms with Gasteiger partial charge < -0.3 is 5.11 Å². The van der Waals surface area contributed by atoms with Crippen molar-refractivity contribution in [1.82, 2.24) is 9.78 Å². The first-order valence-electron chi connectivity index (χ1n) is 7.42. The van der Waals surface area contributed by atoms with Crippen LogP contribution in [0.4, 0.5) is 0 Å². The van der Waals surface area contributed by atoms with Gasteiger partial charge in [0, 0.05) is 11.7 Å². The van der Waals surface area contributed by atoms with E-state index < -0.39 is 5.97 Å². The van der Waals surface area contributed by atoms with E-state index in [1.165, 1.54) is 18.2 Å². The Balaban J connectivity index is 2.23. The standard InChI is InChI=1S/C18H20N2O3/c1-11(2)20-13(4)17(12(3)19-20)16(21)10-7-14-5-8-15(9-6-14)18(22)23/h5-11H,1-4H3,(H,22,23)/b10-7+. The van der Waals surface area contributed by atoms with Crippen molar-refractivity contribution in [2.45, 2.75) is 33.7 Å². The number of hydrogen-bond donors (Lipinski definition) is 1. The maximum atomic E-state index is 12.4. The van der Waals surface area contributed by atoms with Crippen LogP contribution in [0.3, 0.4) is 0 Å². The number of benzene rings is 1. The minimum absolute atomic E-state index is 0.103. The Bertz CT molecular complexity index is 768. The molecule has 0 radical (unpaired) electrons. The van der Waals surface area contributed by atoms with Gasteiger partial charge in [-0.05, 0) is 51.5 Å². The Morgan fingerprint density at radius 3 is 2.26 bits per heavy atom. The molecule has 1 N–H and O–H groups in total. The number of aryl methyl sites for hydroxylation is 1. The number of carboxylic acids is 1. The van der Waals surface area contributed by atoms with E-state index >= 15 is 0 Å². The quantitative estimate of drug-likeness (QED) is 0.675. The zero-order valence-corrected chi connectivity index (χ0v) is 13.7. The van der Waals surface area contributed by atoms with Gasteiger partial charge in [0.05, 0.1) is 16.8 Å². The molecular weight excluding hydrogens is 292 g/mol. The maximum absolute atomic E-state index is 12.4. The zero-order chi connectivity index (χ0) is 17.1. The van der Waals surface area contributed by atoms with Crippen molar-refractivity contribution in [3.8, 4) is 0 Å². The van der Waals surface area contributed by atoms with Crippen molar-refractivity contribution in [3.63, 3.8) is 0 Å². The van der Waals surface area contributed by atoms with Gasteiger partial charge >= 0.3 is 5.97 Å². The van der Waals surface area contributed by atoms with Crippen LogP contribution in [0.2, 0.25) is 0 Å². The number of rotatable bonds is 5. The van der Waals surface area contributed by atoms with E-state index in [9.17, 15) is 9.59 Å². The van der Waals surface area contributed by atoms with Crippen LogP contribution in [0.15, 0.2) is 30.3 Å². The molecule has 2 aromatic rings. The molecule has 120 valence electrons. The molecule has 0 bridgehead atoms. The molecule has 0 spiro atoms. The molecule has 0 saturated carbocycles. The smallest absolute Gasteiger partial charge is 0.335 e. The third-order valence-electron chi connectivity index (χ3n) is 3.65. The Morgan fingerprint density at radius 1 is 1.17 bits per heavy atom. The zero-order valence-electron chi connectivity index (χ0n) is 13.7. The fraction of sp³-hybridized carbons (Fsp3) is 0.278.